The lowest BCUT2D eigenvalue weighted by Gasteiger charge is -2.36. The van der Waals surface area contributed by atoms with Crippen molar-refractivity contribution in [1.82, 2.24) is 19.5 Å². The van der Waals surface area contributed by atoms with Gasteiger partial charge < -0.3 is 15.1 Å². The van der Waals surface area contributed by atoms with Crippen molar-refractivity contribution in [2.45, 2.75) is 28.8 Å². The first-order valence-electron chi connectivity index (χ1n) is 18.2. The molecule has 292 valence electrons. The van der Waals surface area contributed by atoms with Gasteiger partial charge in [-0.05, 0) is 105 Å². The Labute approximate surface area is 337 Å². The first kappa shape index (κ1) is 40.7. The number of rotatable bonds is 16. The highest BCUT2D eigenvalue weighted by molar-refractivity contribution is 7.99. The maximum absolute atomic E-state index is 13.3. The minimum absolute atomic E-state index is 0.142. The monoisotopic (exact) mass is 813 g/mol. The van der Waals surface area contributed by atoms with E-state index in [-0.39, 0.29) is 22.2 Å². The van der Waals surface area contributed by atoms with Crippen molar-refractivity contribution in [3.8, 4) is 11.1 Å². The predicted molar refractivity (Wildman–Crippen MR) is 224 cm³/mol. The van der Waals surface area contributed by atoms with E-state index in [1.807, 2.05) is 92.1 Å². The summed E-state index contributed by atoms with van der Waals surface area (Å²) in [6.07, 6.45) is 4.39. The maximum atomic E-state index is 13.3. The molecule has 1 amide bonds. The van der Waals surface area contributed by atoms with E-state index >= 15 is 0 Å². The summed E-state index contributed by atoms with van der Waals surface area (Å²) < 4.78 is 28.8. The van der Waals surface area contributed by atoms with Crippen molar-refractivity contribution >= 4 is 56.4 Å². The summed E-state index contributed by atoms with van der Waals surface area (Å²) in [7, 11) is -0.516. The van der Waals surface area contributed by atoms with Crippen LogP contribution in [-0.4, -0.2) is 92.6 Å². The van der Waals surface area contributed by atoms with Crippen LogP contribution in [0.5, 0.6) is 0 Å². The molecule has 0 bridgehead atoms. The number of sulfonamides is 1. The third kappa shape index (κ3) is 10.9. The van der Waals surface area contributed by atoms with E-state index in [9.17, 15) is 23.3 Å². The van der Waals surface area contributed by atoms with Crippen LogP contribution in [0, 0.1) is 10.1 Å². The summed E-state index contributed by atoms with van der Waals surface area (Å²) in [5, 5.41) is 16.1. The van der Waals surface area contributed by atoms with Gasteiger partial charge in [-0.1, -0.05) is 41.9 Å². The molecule has 1 atom stereocenters. The number of nitro groups is 1. The number of carbonyl (C=O) groups excluding carboxylic acids is 1. The number of nitrogens with zero attached hydrogens (tertiary/aromatic N) is 5. The molecule has 0 radical (unpaired) electrons. The molecule has 56 heavy (non-hydrogen) atoms. The van der Waals surface area contributed by atoms with E-state index in [1.54, 1.807) is 36.0 Å². The summed E-state index contributed by atoms with van der Waals surface area (Å²) in [5.41, 5.74) is 4.19. The van der Waals surface area contributed by atoms with Gasteiger partial charge in [-0.25, -0.2) is 13.1 Å². The first-order valence-corrected chi connectivity index (χ1v) is 21.0. The van der Waals surface area contributed by atoms with Crippen LogP contribution in [0.15, 0.2) is 125 Å². The fraction of sp³-hybridized carbons (Fsp3) is 0.268. The van der Waals surface area contributed by atoms with Gasteiger partial charge in [0.25, 0.3) is 21.6 Å². The number of benzene rings is 4. The molecular weight excluding hydrogens is 770 g/mol. The molecule has 0 spiro atoms. The number of hydrogen-bond acceptors (Lipinski definition) is 11. The lowest BCUT2D eigenvalue weighted by atomic mass is 10.0. The molecule has 0 aliphatic carbocycles. The number of aromatic nitrogens is 1. The molecule has 5 aromatic rings. The minimum Gasteiger partial charge on any atom is -0.376 e. The SMILES string of the molecule is CN(C)CC[C@H](CSc1ccccc1)Nc1ccc(S(=O)(=O)NC(=O)c2ccc(N3CCN(Cc4ccncc4-c4ccc(Cl)cc4)CC3)cc2)cc1[N+](=O)[O-]. The molecule has 2 N–H and O–H groups in total. The Kier molecular flexibility index (Phi) is 13.6. The number of hydrogen-bond donors (Lipinski definition) is 2. The van der Waals surface area contributed by atoms with Gasteiger partial charge in [0.2, 0.25) is 0 Å². The number of anilines is 2. The Morgan fingerprint density at radius 2 is 1.68 bits per heavy atom. The summed E-state index contributed by atoms with van der Waals surface area (Å²) in [6.45, 7) is 4.71. The van der Waals surface area contributed by atoms with Gasteiger partial charge in [-0.3, -0.25) is 24.8 Å². The fourth-order valence-electron chi connectivity index (χ4n) is 6.42. The van der Waals surface area contributed by atoms with Crippen molar-refractivity contribution in [3.63, 3.8) is 0 Å². The van der Waals surface area contributed by atoms with E-state index in [4.69, 9.17) is 11.6 Å². The smallest absolute Gasteiger partial charge is 0.293 e. The molecule has 1 aliphatic rings. The second-order valence-corrected chi connectivity index (χ2v) is 17.0. The molecular formula is C41H44ClN7O5S2. The average molecular weight is 814 g/mol. The van der Waals surface area contributed by atoms with Crippen LogP contribution in [0.2, 0.25) is 5.02 Å². The van der Waals surface area contributed by atoms with Gasteiger partial charge >= 0.3 is 0 Å². The third-order valence-electron chi connectivity index (χ3n) is 9.51. The van der Waals surface area contributed by atoms with Crippen molar-refractivity contribution in [2.24, 2.45) is 0 Å². The molecule has 1 fully saturated rings. The number of thioether (sulfide) groups is 1. The number of pyridine rings is 1. The molecule has 2 heterocycles. The minimum atomic E-state index is -4.43. The molecule has 1 aliphatic heterocycles. The standard InChI is InChI=1S/C41H44ClN7O5S2/c1-46(2)21-19-34(29-55-36-6-4-3-5-7-36)44-39-17-16-37(26-40(39)49(51)52)56(53,54)45-41(50)31-10-14-35(15-11-31)48-24-22-47(23-25-48)28-32-18-20-43-27-38(32)30-8-12-33(42)13-9-30/h3-18,20,26-27,34,44H,19,21-25,28-29H2,1-2H3,(H,45,50)/t34-/m1/s1. The molecule has 0 unspecified atom stereocenters. The lowest BCUT2D eigenvalue weighted by molar-refractivity contribution is -0.384. The summed E-state index contributed by atoms with van der Waals surface area (Å²) in [4.78, 5) is 36.4. The van der Waals surface area contributed by atoms with Gasteiger partial charge in [0.15, 0.2) is 0 Å². The normalized spacial score (nSPS) is 14.0. The van der Waals surface area contributed by atoms with Crippen LogP contribution in [0.25, 0.3) is 11.1 Å². The molecule has 0 saturated carbocycles. The zero-order chi connectivity index (χ0) is 39.7. The van der Waals surface area contributed by atoms with E-state index < -0.39 is 26.5 Å². The van der Waals surface area contributed by atoms with Gasteiger partial charge in [-0.2, -0.15) is 0 Å². The molecule has 6 rings (SSSR count). The van der Waals surface area contributed by atoms with Gasteiger partial charge in [0.05, 0.1) is 9.82 Å². The molecule has 1 saturated heterocycles. The quantitative estimate of drug-likeness (QED) is 0.0590. The first-order chi connectivity index (χ1) is 26.9. The van der Waals surface area contributed by atoms with Crippen molar-refractivity contribution in [1.29, 1.82) is 0 Å². The third-order valence-corrected chi connectivity index (χ3v) is 12.3. The number of nitro benzene ring substituents is 1. The molecule has 15 heteroatoms. The number of nitrogens with one attached hydrogen (secondary N) is 2. The van der Waals surface area contributed by atoms with E-state index in [0.29, 0.717) is 17.2 Å². The van der Waals surface area contributed by atoms with E-state index in [2.05, 4.69) is 24.8 Å². The Morgan fingerprint density at radius 3 is 2.36 bits per heavy atom. The van der Waals surface area contributed by atoms with Gasteiger partial charge in [0.1, 0.15) is 5.69 Å². The second-order valence-electron chi connectivity index (χ2n) is 13.8. The average Bonchev–Trinajstić information content (AvgIpc) is 3.20. The van der Waals surface area contributed by atoms with Crippen LogP contribution < -0.4 is 14.9 Å². The largest absolute Gasteiger partial charge is 0.376 e. The highest BCUT2D eigenvalue weighted by Crippen LogP contribution is 2.31. The predicted octanol–water partition coefficient (Wildman–Crippen LogP) is 7.28. The number of amides is 1. The van der Waals surface area contributed by atoms with Crippen LogP contribution in [0.1, 0.15) is 22.3 Å². The van der Waals surface area contributed by atoms with Crippen LogP contribution in [-0.2, 0) is 16.6 Å². The van der Waals surface area contributed by atoms with Gasteiger partial charge in [0, 0.05) is 89.7 Å². The molecule has 1 aromatic heterocycles. The van der Waals surface area contributed by atoms with Crippen LogP contribution in [0.3, 0.4) is 0 Å². The fourth-order valence-corrected chi connectivity index (χ4v) is 8.53. The lowest BCUT2D eigenvalue weighted by Crippen LogP contribution is -2.46. The van der Waals surface area contributed by atoms with Gasteiger partial charge in [-0.15, -0.1) is 11.8 Å². The van der Waals surface area contributed by atoms with Crippen LogP contribution in [0.4, 0.5) is 17.1 Å². The van der Waals surface area contributed by atoms with Crippen LogP contribution >= 0.6 is 23.4 Å². The van der Waals surface area contributed by atoms with Crippen molar-refractivity contribution < 1.29 is 18.1 Å². The van der Waals surface area contributed by atoms with E-state index in [0.717, 1.165) is 67.0 Å². The summed E-state index contributed by atoms with van der Waals surface area (Å²) in [6, 6.07) is 29.9. The number of carbonyl (C=O) groups is 1. The second kappa shape index (κ2) is 18.8. The summed E-state index contributed by atoms with van der Waals surface area (Å²) in [5.74, 6) is -0.194. The van der Waals surface area contributed by atoms with E-state index in [1.165, 1.54) is 17.7 Å². The zero-order valence-corrected chi connectivity index (χ0v) is 33.6. The Bertz CT molecular complexity index is 2220. The Morgan fingerprint density at radius 1 is 0.964 bits per heavy atom. The topological polar surface area (TPSA) is 141 Å². The molecule has 12 nitrogen and oxygen atoms in total. The Hall–Kier alpha value is -4.99. The number of piperazine rings is 1. The zero-order valence-electron chi connectivity index (χ0n) is 31.2. The Balaban J connectivity index is 1.06. The highest BCUT2D eigenvalue weighted by atomic mass is 35.5. The maximum Gasteiger partial charge on any atom is 0.293 e. The number of halogens is 1. The van der Waals surface area contributed by atoms with Crippen molar-refractivity contribution in [2.75, 3.05) is 62.8 Å². The highest BCUT2D eigenvalue weighted by Gasteiger charge is 2.26. The molecule has 4 aromatic carbocycles. The van der Waals surface area contributed by atoms with Crippen molar-refractivity contribution in [3.05, 3.63) is 142 Å². The summed E-state index contributed by atoms with van der Waals surface area (Å²) >= 11 is 7.73.